The zero-order valence-electron chi connectivity index (χ0n) is 10.4. The Bertz CT molecular complexity index is 351. The first-order valence-electron chi connectivity index (χ1n) is 5.82. The largest absolute Gasteiger partial charge is 0.474 e. The third-order valence-electron chi connectivity index (χ3n) is 2.52. The van der Waals surface area contributed by atoms with E-state index in [2.05, 4.69) is 10.3 Å². The summed E-state index contributed by atoms with van der Waals surface area (Å²) in [7, 11) is 1.84. The molecule has 6 heteroatoms. The van der Waals surface area contributed by atoms with Gasteiger partial charge in [-0.1, -0.05) is 6.92 Å². The van der Waals surface area contributed by atoms with Crippen LogP contribution in [0.4, 0.5) is 13.2 Å². The summed E-state index contributed by atoms with van der Waals surface area (Å²) in [5.74, 6) is 0.228. The van der Waals surface area contributed by atoms with Gasteiger partial charge in [-0.25, -0.2) is 4.98 Å². The minimum atomic E-state index is -4.36. The molecule has 1 aromatic rings. The molecule has 3 nitrogen and oxygen atoms in total. The lowest BCUT2D eigenvalue weighted by Gasteiger charge is -2.16. The minimum Gasteiger partial charge on any atom is -0.474 e. The summed E-state index contributed by atoms with van der Waals surface area (Å²) in [6.45, 7) is 2.75. The van der Waals surface area contributed by atoms with Crippen LogP contribution in [0.25, 0.3) is 0 Å². The van der Waals surface area contributed by atoms with Gasteiger partial charge in [0.15, 0.2) is 0 Å². The standard InChI is InChI=1S/C12H17F3N2O/c1-3-10(6-7-16-2)18-11-5-4-9(8-17-11)12(13,14)15/h4-5,8,10,16H,3,6-7H2,1-2H3. The van der Waals surface area contributed by atoms with Gasteiger partial charge >= 0.3 is 6.18 Å². The van der Waals surface area contributed by atoms with E-state index < -0.39 is 11.7 Å². The van der Waals surface area contributed by atoms with Crippen LogP contribution >= 0.6 is 0 Å². The molecule has 1 N–H and O–H groups in total. The number of nitrogens with zero attached hydrogens (tertiary/aromatic N) is 1. The lowest BCUT2D eigenvalue weighted by atomic mass is 10.2. The SMILES string of the molecule is CCC(CCNC)Oc1ccc(C(F)(F)F)cn1. The van der Waals surface area contributed by atoms with Gasteiger partial charge in [0.05, 0.1) is 5.56 Å². The summed E-state index contributed by atoms with van der Waals surface area (Å²) >= 11 is 0. The maximum atomic E-state index is 12.3. The summed E-state index contributed by atoms with van der Waals surface area (Å²) < 4.78 is 42.5. The fourth-order valence-corrected chi connectivity index (χ4v) is 1.44. The molecule has 1 heterocycles. The van der Waals surface area contributed by atoms with Crippen LogP contribution in [0.2, 0.25) is 0 Å². The van der Waals surface area contributed by atoms with Gasteiger partial charge in [-0.2, -0.15) is 13.2 Å². The van der Waals surface area contributed by atoms with Crippen molar-refractivity contribution >= 4 is 0 Å². The van der Waals surface area contributed by atoms with E-state index in [1.165, 1.54) is 6.07 Å². The van der Waals surface area contributed by atoms with Gasteiger partial charge in [-0.05, 0) is 32.5 Å². The van der Waals surface area contributed by atoms with Crippen LogP contribution in [0.1, 0.15) is 25.3 Å². The molecule has 0 aliphatic heterocycles. The summed E-state index contributed by atoms with van der Waals surface area (Å²) in [6.07, 6.45) is -2.04. The molecule has 102 valence electrons. The number of rotatable bonds is 6. The second-order valence-electron chi connectivity index (χ2n) is 3.92. The maximum absolute atomic E-state index is 12.3. The molecule has 0 amide bonds. The number of aromatic nitrogens is 1. The van der Waals surface area contributed by atoms with Gasteiger partial charge in [0.2, 0.25) is 5.88 Å². The van der Waals surface area contributed by atoms with Crippen LogP contribution in [0, 0.1) is 0 Å². The maximum Gasteiger partial charge on any atom is 0.417 e. The monoisotopic (exact) mass is 262 g/mol. The number of nitrogens with one attached hydrogen (secondary N) is 1. The average molecular weight is 262 g/mol. The first-order valence-corrected chi connectivity index (χ1v) is 5.82. The van der Waals surface area contributed by atoms with E-state index in [0.717, 1.165) is 31.6 Å². The molecule has 0 saturated carbocycles. The van der Waals surface area contributed by atoms with Gasteiger partial charge in [-0.15, -0.1) is 0 Å². The normalized spacial score (nSPS) is 13.4. The number of hydrogen-bond donors (Lipinski definition) is 1. The van der Waals surface area contributed by atoms with E-state index in [1.807, 2.05) is 14.0 Å². The van der Waals surface area contributed by atoms with Crippen molar-refractivity contribution in [3.63, 3.8) is 0 Å². The van der Waals surface area contributed by atoms with Crippen LogP contribution in [0.5, 0.6) is 5.88 Å². The zero-order valence-corrected chi connectivity index (χ0v) is 10.4. The average Bonchev–Trinajstić information content (AvgIpc) is 2.34. The Morgan fingerprint density at radius 3 is 2.56 bits per heavy atom. The van der Waals surface area contributed by atoms with E-state index in [1.54, 1.807) is 0 Å². The lowest BCUT2D eigenvalue weighted by molar-refractivity contribution is -0.137. The highest BCUT2D eigenvalue weighted by molar-refractivity contribution is 5.20. The first kappa shape index (κ1) is 14.8. The van der Waals surface area contributed by atoms with Gasteiger partial charge in [0.1, 0.15) is 6.10 Å². The van der Waals surface area contributed by atoms with Crippen LogP contribution in [-0.2, 0) is 6.18 Å². The zero-order chi connectivity index (χ0) is 13.6. The molecule has 0 aliphatic carbocycles. The quantitative estimate of drug-likeness (QED) is 0.856. The highest BCUT2D eigenvalue weighted by atomic mass is 19.4. The fraction of sp³-hybridized carbons (Fsp3) is 0.583. The van der Waals surface area contributed by atoms with Crippen molar-refractivity contribution in [2.24, 2.45) is 0 Å². The Morgan fingerprint density at radius 2 is 2.11 bits per heavy atom. The molecule has 1 rings (SSSR count). The van der Waals surface area contributed by atoms with Gasteiger partial charge in [0, 0.05) is 12.3 Å². The smallest absolute Gasteiger partial charge is 0.417 e. The van der Waals surface area contributed by atoms with E-state index in [9.17, 15) is 13.2 Å². The topological polar surface area (TPSA) is 34.1 Å². The van der Waals surface area contributed by atoms with Crippen LogP contribution in [-0.4, -0.2) is 24.7 Å². The van der Waals surface area contributed by atoms with E-state index in [-0.39, 0.29) is 12.0 Å². The van der Waals surface area contributed by atoms with Crippen molar-refractivity contribution in [2.45, 2.75) is 32.0 Å². The highest BCUT2D eigenvalue weighted by Crippen LogP contribution is 2.29. The molecule has 0 bridgehead atoms. The summed E-state index contributed by atoms with van der Waals surface area (Å²) in [5.41, 5.74) is -0.766. The predicted molar refractivity (Wildman–Crippen MR) is 62.5 cm³/mol. The Balaban J connectivity index is 2.62. The molecule has 0 saturated heterocycles. The molecular weight excluding hydrogens is 245 g/mol. The van der Waals surface area contributed by atoms with Crippen LogP contribution < -0.4 is 10.1 Å². The van der Waals surface area contributed by atoms with E-state index in [0.29, 0.717) is 0 Å². The van der Waals surface area contributed by atoms with Crippen molar-refractivity contribution in [2.75, 3.05) is 13.6 Å². The van der Waals surface area contributed by atoms with E-state index >= 15 is 0 Å². The van der Waals surface area contributed by atoms with Gasteiger partial charge in [-0.3, -0.25) is 0 Å². The molecule has 1 aromatic heterocycles. The van der Waals surface area contributed by atoms with Crippen LogP contribution in [0.3, 0.4) is 0 Å². The van der Waals surface area contributed by atoms with Crippen molar-refractivity contribution in [1.82, 2.24) is 10.3 Å². The van der Waals surface area contributed by atoms with E-state index in [4.69, 9.17) is 4.74 Å². The Hall–Kier alpha value is -1.30. The molecular formula is C12H17F3N2O. The molecule has 0 fully saturated rings. The second-order valence-corrected chi connectivity index (χ2v) is 3.92. The van der Waals surface area contributed by atoms with Crippen molar-refractivity contribution in [1.29, 1.82) is 0 Å². The number of pyridine rings is 1. The van der Waals surface area contributed by atoms with Crippen molar-refractivity contribution in [3.8, 4) is 5.88 Å². The molecule has 1 unspecified atom stereocenters. The summed E-state index contributed by atoms with van der Waals surface area (Å²) in [6, 6.07) is 2.23. The first-order chi connectivity index (χ1) is 8.47. The number of hydrogen-bond acceptors (Lipinski definition) is 3. The molecule has 0 radical (unpaired) electrons. The summed E-state index contributed by atoms with van der Waals surface area (Å²) in [4.78, 5) is 3.68. The third kappa shape index (κ3) is 4.52. The fourth-order valence-electron chi connectivity index (χ4n) is 1.44. The lowest BCUT2D eigenvalue weighted by Crippen LogP contribution is -2.22. The van der Waals surface area contributed by atoms with Crippen molar-refractivity contribution < 1.29 is 17.9 Å². The highest BCUT2D eigenvalue weighted by Gasteiger charge is 2.30. The van der Waals surface area contributed by atoms with Gasteiger partial charge < -0.3 is 10.1 Å². The van der Waals surface area contributed by atoms with Crippen molar-refractivity contribution in [3.05, 3.63) is 23.9 Å². The van der Waals surface area contributed by atoms with Crippen LogP contribution in [0.15, 0.2) is 18.3 Å². The number of alkyl halides is 3. The molecule has 1 atom stereocenters. The molecule has 0 aliphatic rings. The Labute approximate surface area is 104 Å². The molecule has 0 spiro atoms. The number of ether oxygens (including phenoxy) is 1. The number of halogens is 3. The minimum absolute atomic E-state index is 0.0401. The molecule has 0 aromatic carbocycles. The Kier molecular flexibility index (Phi) is 5.40. The molecule has 18 heavy (non-hydrogen) atoms. The summed E-state index contributed by atoms with van der Waals surface area (Å²) in [5, 5.41) is 3.00. The third-order valence-corrected chi connectivity index (χ3v) is 2.52. The second kappa shape index (κ2) is 6.58. The van der Waals surface area contributed by atoms with Gasteiger partial charge in [0.25, 0.3) is 0 Å². The predicted octanol–water partition coefficient (Wildman–Crippen LogP) is 2.87. The Morgan fingerprint density at radius 1 is 1.39 bits per heavy atom.